The fraction of sp³-hybridized carbons (Fsp3) is 0.200. The molecule has 2 atom stereocenters. The molecule has 0 aliphatic heterocycles. The third-order valence-electron chi connectivity index (χ3n) is 4.38. The molecule has 2 aromatic carbocycles. The molecule has 0 spiro atoms. The van der Waals surface area contributed by atoms with Gasteiger partial charge < -0.3 is 5.32 Å². The first kappa shape index (κ1) is 19.7. The molecule has 0 saturated carbocycles. The maximum absolute atomic E-state index is 14.9. The van der Waals surface area contributed by atoms with E-state index in [0.29, 0.717) is 10.6 Å². The fourth-order valence-corrected chi connectivity index (χ4v) is 3.64. The molecule has 0 heterocycles. The van der Waals surface area contributed by atoms with Gasteiger partial charge in [-0.15, -0.1) is 0 Å². The number of alkyl halides is 2. The summed E-state index contributed by atoms with van der Waals surface area (Å²) in [5.41, 5.74) is 0.790. The predicted molar refractivity (Wildman–Crippen MR) is 105 cm³/mol. The Balaban J connectivity index is 1.87. The van der Waals surface area contributed by atoms with E-state index in [2.05, 4.69) is 21.2 Å². The highest BCUT2D eigenvalue weighted by atomic mass is 79.9. The lowest BCUT2D eigenvalue weighted by Crippen LogP contribution is -2.26. The van der Waals surface area contributed by atoms with Gasteiger partial charge in [0.25, 0.3) is 0 Å². The SMILES string of the molecule is O=C(CBr)C1=CC(F)C[C@H]1C(=O)Nc1cccc(-c2ccccc2Cl)c1F. The Labute approximate surface area is 168 Å². The van der Waals surface area contributed by atoms with Crippen molar-refractivity contribution in [3.63, 3.8) is 0 Å². The molecule has 0 fully saturated rings. The Kier molecular flexibility index (Phi) is 6.07. The van der Waals surface area contributed by atoms with Crippen LogP contribution in [0.4, 0.5) is 14.5 Å². The average Bonchev–Trinajstić information content (AvgIpc) is 3.05. The molecule has 1 aliphatic rings. The first-order valence-electron chi connectivity index (χ1n) is 8.21. The molecule has 3 rings (SSSR count). The molecule has 1 N–H and O–H groups in total. The molecule has 1 unspecified atom stereocenters. The zero-order valence-electron chi connectivity index (χ0n) is 14.0. The quantitative estimate of drug-likeness (QED) is 0.621. The number of halogens is 4. The summed E-state index contributed by atoms with van der Waals surface area (Å²) < 4.78 is 28.7. The lowest BCUT2D eigenvalue weighted by molar-refractivity contribution is -0.121. The van der Waals surface area contributed by atoms with E-state index in [-0.39, 0.29) is 34.4 Å². The van der Waals surface area contributed by atoms with E-state index in [1.165, 1.54) is 6.07 Å². The number of ketones is 1. The number of benzene rings is 2. The van der Waals surface area contributed by atoms with Crippen molar-refractivity contribution in [3.8, 4) is 11.1 Å². The molecule has 0 saturated heterocycles. The third kappa shape index (κ3) is 4.12. The Hall–Kier alpha value is -2.05. The number of hydrogen-bond donors (Lipinski definition) is 1. The van der Waals surface area contributed by atoms with Crippen LogP contribution in [0, 0.1) is 11.7 Å². The number of carbonyl (C=O) groups is 2. The van der Waals surface area contributed by atoms with Gasteiger partial charge in [0.1, 0.15) is 6.17 Å². The van der Waals surface area contributed by atoms with Crippen molar-refractivity contribution in [2.45, 2.75) is 12.6 Å². The molecule has 1 aliphatic carbocycles. The van der Waals surface area contributed by atoms with Gasteiger partial charge in [0.2, 0.25) is 5.91 Å². The minimum Gasteiger partial charge on any atom is -0.323 e. The van der Waals surface area contributed by atoms with Gasteiger partial charge in [0, 0.05) is 21.7 Å². The molecular formula is C20H15BrClF2NO2. The number of rotatable bonds is 5. The Morgan fingerprint density at radius 3 is 2.56 bits per heavy atom. The van der Waals surface area contributed by atoms with E-state index < -0.39 is 23.8 Å². The normalized spacial score (nSPS) is 18.9. The van der Waals surface area contributed by atoms with E-state index in [1.54, 1.807) is 36.4 Å². The van der Waals surface area contributed by atoms with E-state index in [0.717, 1.165) is 6.08 Å². The summed E-state index contributed by atoms with van der Waals surface area (Å²) >= 11 is 9.16. The van der Waals surface area contributed by atoms with Crippen LogP contribution in [-0.4, -0.2) is 23.2 Å². The largest absolute Gasteiger partial charge is 0.323 e. The summed E-state index contributed by atoms with van der Waals surface area (Å²) in [5.74, 6) is -2.58. The zero-order chi connectivity index (χ0) is 19.6. The fourth-order valence-electron chi connectivity index (χ4n) is 3.08. The van der Waals surface area contributed by atoms with Crippen molar-refractivity contribution in [2.24, 2.45) is 5.92 Å². The van der Waals surface area contributed by atoms with Gasteiger partial charge in [0.15, 0.2) is 11.6 Å². The van der Waals surface area contributed by atoms with Crippen LogP contribution < -0.4 is 5.32 Å². The van der Waals surface area contributed by atoms with Gasteiger partial charge in [-0.2, -0.15) is 0 Å². The highest BCUT2D eigenvalue weighted by molar-refractivity contribution is 9.09. The van der Waals surface area contributed by atoms with Crippen molar-refractivity contribution in [3.05, 3.63) is 65.0 Å². The van der Waals surface area contributed by atoms with Gasteiger partial charge in [0.05, 0.1) is 16.9 Å². The van der Waals surface area contributed by atoms with Crippen molar-refractivity contribution >= 4 is 44.9 Å². The second-order valence-corrected chi connectivity index (χ2v) is 7.09. The Bertz CT molecular complexity index is 932. The van der Waals surface area contributed by atoms with Gasteiger partial charge in [-0.1, -0.05) is 57.9 Å². The summed E-state index contributed by atoms with van der Waals surface area (Å²) in [6.45, 7) is 0. The lowest BCUT2D eigenvalue weighted by atomic mass is 9.97. The standard InChI is InChI=1S/C20H15BrClF2NO2/c21-10-18(26)14-8-11(23)9-15(14)20(27)25-17-7-3-5-13(19(17)24)12-4-1-2-6-16(12)22/h1-8,11,15H,9-10H2,(H,25,27)/t11?,15-/m1/s1. The molecule has 27 heavy (non-hydrogen) atoms. The van der Waals surface area contributed by atoms with Crippen LogP contribution in [-0.2, 0) is 9.59 Å². The number of hydrogen-bond acceptors (Lipinski definition) is 2. The number of allylic oxidation sites excluding steroid dienone is 1. The van der Waals surface area contributed by atoms with Crippen LogP contribution in [0.25, 0.3) is 11.1 Å². The Morgan fingerprint density at radius 2 is 1.85 bits per heavy atom. The second-order valence-electron chi connectivity index (χ2n) is 6.12. The van der Waals surface area contributed by atoms with Crippen molar-refractivity contribution in [1.82, 2.24) is 0 Å². The number of anilines is 1. The molecule has 2 aromatic rings. The van der Waals surface area contributed by atoms with E-state index >= 15 is 0 Å². The molecule has 0 radical (unpaired) electrons. The third-order valence-corrected chi connectivity index (χ3v) is 5.22. The molecule has 3 nitrogen and oxygen atoms in total. The maximum Gasteiger partial charge on any atom is 0.232 e. The van der Waals surface area contributed by atoms with Gasteiger partial charge in [-0.05, 0) is 24.6 Å². The van der Waals surface area contributed by atoms with Crippen LogP contribution in [0.5, 0.6) is 0 Å². The molecule has 1 amide bonds. The molecule has 0 bridgehead atoms. The number of nitrogens with one attached hydrogen (secondary N) is 1. The number of Topliss-reactive ketones (excluding diaryl/α,β-unsaturated/α-hetero) is 1. The smallest absolute Gasteiger partial charge is 0.232 e. The van der Waals surface area contributed by atoms with Crippen molar-refractivity contribution in [2.75, 3.05) is 10.6 Å². The topological polar surface area (TPSA) is 46.2 Å². The Morgan fingerprint density at radius 1 is 1.15 bits per heavy atom. The summed E-state index contributed by atoms with van der Waals surface area (Å²) in [7, 11) is 0. The first-order chi connectivity index (χ1) is 12.9. The van der Waals surface area contributed by atoms with Crippen LogP contribution in [0.1, 0.15) is 6.42 Å². The second kappa shape index (κ2) is 8.31. The zero-order valence-corrected chi connectivity index (χ0v) is 16.4. The lowest BCUT2D eigenvalue weighted by Gasteiger charge is -2.16. The maximum atomic E-state index is 14.9. The van der Waals surface area contributed by atoms with Crippen molar-refractivity contribution < 1.29 is 18.4 Å². The van der Waals surface area contributed by atoms with Gasteiger partial charge >= 0.3 is 0 Å². The summed E-state index contributed by atoms with van der Waals surface area (Å²) in [6.07, 6.45) is -0.353. The summed E-state index contributed by atoms with van der Waals surface area (Å²) in [6, 6.07) is 11.3. The highest BCUT2D eigenvalue weighted by Gasteiger charge is 2.35. The van der Waals surface area contributed by atoms with E-state index in [9.17, 15) is 18.4 Å². The first-order valence-corrected chi connectivity index (χ1v) is 9.71. The van der Waals surface area contributed by atoms with E-state index in [1.807, 2.05) is 0 Å². The number of carbonyl (C=O) groups excluding carboxylic acids is 2. The van der Waals surface area contributed by atoms with Crippen LogP contribution in [0.3, 0.4) is 0 Å². The molecule has 140 valence electrons. The van der Waals surface area contributed by atoms with Gasteiger partial charge in [-0.3, -0.25) is 9.59 Å². The highest BCUT2D eigenvalue weighted by Crippen LogP contribution is 2.34. The number of amides is 1. The van der Waals surface area contributed by atoms with E-state index in [4.69, 9.17) is 11.6 Å². The minimum absolute atomic E-state index is 0.00825. The average molecular weight is 455 g/mol. The van der Waals surface area contributed by atoms with Crippen molar-refractivity contribution in [1.29, 1.82) is 0 Å². The predicted octanol–water partition coefficient (Wildman–Crippen LogP) is 5.33. The van der Waals surface area contributed by atoms with Crippen LogP contribution >= 0.6 is 27.5 Å². The minimum atomic E-state index is -1.38. The molecular weight excluding hydrogens is 440 g/mol. The molecule has 0 aromatic heterocycles. The van der Waals surface area contributed by atoms with Crippen LogP contribution in [0.2, 0.25) is 5.02 Å². The summed E-state index contributed by atoms with van der Waals surface area (Å²) in [4.78, 5) is 24.5. The summed E-state index contributed by atoms with van der Waals surface area (Å²) in [5, 5.41) is 2.85. The molecule has 7 heteroatoms. The monoisotopic (exact) mass is 453 g/mol. The van der Waals surface area contributed by atoms with Crippen LogP contribution in [0.15, 0.2) is 54.1 Å². The van der Waals surface area contributed by atoms with Gasteiger partial charge in [-0.25, -0.2) is 8.78 Å².